The Morgan fingerprint density at radius 2 is 1.57 bits per heavy atom. The average molecular weight is 427 g/mol. The number of alkyl halides is 2. The van der Waals surface area contributed by atoms with Gasteiger partial charge in [0.15, 0.2) is 6.61 Å². The molecule has 0 aromatic heterocycles. The monoisotopic (exact) mass is 426 g/mol. The number of carbonyl (C=O) groups is 1. The lowest BCUT2D eigenvalue weighted by atomic mass is 9.70. The summed E-state index contributed by atoms with van der Waals surface area (Å²) in [6.45, 7) is 0.462. The van der Waals surface area contributed by atoms with Crippen LogP contribution in [0.5, 0.6) is 0 Å². The van der Waals surface area contributed by atoms with Crippen molar-refractivity contribution in [2.45, 2.75) is 88.9 Å². The molecular formula is C19H32F2O6S. The number of carbonyl (C=O) groups excluding carboxylic acids is 1. The van der Waals surface area contributed by atoms with Crippen LogP contribution in [0.2, 0.25) is 0 Å². The van der Waals surface area contributed by atoms with Crippen LogP contribution in [-0.2, 0) is 19.6 Å². The average Bonchev–Trinajstić information content (AvgIpc) is 2.65. The van der Waals surface area contributed by atoms with Crippen molar-refractivity contribution in [1.29, 1.82) is 0 Å². The molecule has 0 heterocycles. The highest BCUT2D eigenvalue weighted by molar-refractivity contribution is 7.86. The highest BCUT2D eigenvalue weighted by Crippen LogP contribution is 2.41. The van der Waals surface area contributed by atoms with Gasteiger partial charge >= 0.3 is 21.5 Å². The Morgan fingerprint density at radius 3 is 2.07 bits per heavy atom. The third-order valence-corrected chi connectivity index (χ3v) is 7.11. The smallest absolute Gasteiger partial charge is 0.431 e. The van der Waals surface area contributed by atoms with Gasteiger partial charge < -0.3 is 9.47 Å². The van der Waals surface area contributed by atoms with Crippen LogP contribution in [0, 0.1) is 17.8 Å². The third kappa shape index (κ3) is 6.83. The molecule has 0 unspecified atom stereocenters. The number of hydrogen-bond acceptors (Lipinski definition) is 5. The van der Waals surface area contributed by atoms with E-state index in [0.29, 0.717) is 18.8 Å². The van der Waals surface area contributed by atoms with Crippen LogP contribution >= 0.6 is 0 Å². The highest BCUT2D eigenvalue weighted by Gasteiger charge is 2.46. The Bertz CT molecular complexity index is 594. The summed E-state index contributed by atoms with van der Waals surface area (Å²) in [4.78, 5) is 11.5. The molecule has 0 saturated heterocycles. The van der Waals surface area contributed by atoms with Gasteiger partial charge in [-0.1, -0.05) is 39.0 Å². The van der Waals surface area contributed by atoms with Crippen molar-refractivity contribution in [3.63, 3.8) is 0 Å². The van der Waals surface area contributed by atoms with Gasteiger partial charge in [0.05, 0.1) is 0 Å². The van der Waals surface area contributed by atoms with Crippen molar-refractivity contribution in [1.82, 2.24) is 0 Å². The van der Waals surface area contributed by atoms with Crippen molar-refractivity contribution in [3.8, 4) is 0 Å². The molecule has 0 bridgehead atoms. The van der Waals surface area contributed by atoms with Gasteiger partial charge in [0, 0.05) is 0 Å². The largest absolute Gasteiger partial charge is 0.508 e. The van der Waals surface area contributed by atoms with Crippen molar-refractivity contribution in [3.05, 3.63) is 0 Å². The Labute approximate surface area is 166 Å². The van der Waals surface area contributed by atoms with Gasteiger partial charge in [-0.15, -0.1) is 0 Å². The summed E-state index contributed by atoms with van der Waals surface area (Å²) < 4.78 is 64.7. The molecule has 0 aromatic rings. The van der Waals surface area contributed by atoms with Gasteiger partial charge in [-0.05, 0) is 56.3 Å². The normalized spacial score (nSPS) is 29.3. The molecule has 2 fully saturated rings. The van der Waals surface area contributed by atoms with Gasteiger partial charge in [0.2, 0.25) is 0 Å². The molecule has 2 aliphatic carbocycles. The molecule has 9 heteroatoms. The van der Waals surface area contributed by atoms with Crippen LogP contribution in [0.25, 0.3) is 0 Å². The van der Waals surface area contributed by atoms with Crippen LogP contribution in [-0.4, -0.2) is 37.1 Å². The lowest BCUT2D eigenvalue weighted by Crippen LogP contribution is -2.35. The highest BCUT2D eigenvalue weighted by atomic mass is 32.2. The van der Waals surface area contributed by atoms with Crippen molar-refractivity contribution < 1.29 is 36.0 Å². The van der Waals surface area contributed by atoms with Crippen LogP contribution in [0.1, 0.15) is 77.6 Å². The second-order valence-corrected chi connectivity index (χ2v) is 9.78. The van der Waals surface area contributed by atoms with Gasteiger partial charge in [-0.3, -0.25) is 4.55 Å². The molecule has 0 spiro atoms. The summed E-state index contributed by atoms with van der Waals surface area (Å²) in [7, 11) is -5.63. The fourth-order valence-electron chi connectivity index (χ4n) is 4.51. The summed E-state index contributed by atoms with van der Waals surface area (Å²) >= 11 is 0. The zero-order valence-corrected chi connectivity index (χ0v) is 17.3. The first kappa shape index (κ1) is 23.3. The van der Waals surface area contributed by atoms with E-state index in [9.17, 15) is 22.0 Å². The minimum Gasteiger partial charge on any atom is -0.431 e. The van der Waals surface area contributed by atoms with Gasteiger partial charge in [0.1, 0.15) is 6.10 Å². The number of unbranched alkanes of at least 4 members (excludes halogenated alkanes) is 1. The minimum absolute atomic E-state index is 0.399. The molecule has 2 rings (SSSR count). The maximum absolute atomic E-state index is 13.1. The van der Waals surface area contributed by atoms with E-state index in [2.05, 4.69) is 11.7 Å². The molecule has 2 saturated carbocycles. The zero-order chi connectivity index (χ0) is 20.8. The second-order valence-electron chi connectivity index (χ2n) is 8.23. The summed E-state index contributed by atoms with van der Waals surface area (Å²) in [6.07, 6.45) is 10.5. The van der Waals surface area contributed by atoms with Gasteiger partial charge in [-0.2, -0.15) is 17.2 Å². The van der Waals surface area contributed by atoms with E-state index in [1.54, 1.807) is 0 Å². The van der Waals surface area contributed by atoms with Crippen LogP contribution < -0.4 is 0 Å². The van der Waals surface area contributed by atoms with Gasteiger partial charge in [-0.25, -0.2) is 4.79 Å². The van der Waals surface area contributed by atoms with E-state index in [0.717, 1.165) is 24.7 Å². The van der Waals surface area contributed by atoms with E-state index >= 15 is 0 Å². The lowest BCUT2D eigenvalue weighted by molar-refractivity contribution is -0.0401. The molecule has 0 amide bonds. The first-order valence-corrected chi connectivity index (χ1v) is 11.7. The summed E-state index contributed by atoms with van der Waals surface area (Å²) in [5, 5.41) is -4.54. The maximum atomic E-state index is 13.1. The molecule has 0 atom stereocenters. The van der Waals surface area contributed by atoms with Crippen molar-refractivity contribution in [2.24, 2.45) is 17.8 Å². The molecular weight excluding hydrogens is 394 g/mol. The Hall–Kier alpha value is -0.960. The summed E-state index contributed by atoms with van der Waals surface area (Å²) in [5.41, 5.74) is 0. The molecule has 0 aromatic carbocycles. The van der Waals surface area contributed by atoms with Crippen LogP contribution in [0.3, 0.4) is 0 Å². The van der Waals surface area contributed by atoms with Crippen LogP contribution in [0.4, 0.5) is 13.6 Å². The summed E-state index contributed by atoms with van der Waals surface area (Å²) in [6, 6.07) is 0. The quantitative estimate of drug-likeness (QED) is 0.425. The molecule has 28 heavy (non-hydrogen) atoms. The lowest BCUT2D eigenvalue weighted by Gasteiger charge is -2.37. The van der Waals surface area contributed by atoms with Crippen LogP contribution in [0.15, 0.2) is 0 Å². The standard InChI is InChI=1S/C19H32F2O6S/c1-2-3-4-14-5-7-15(8-6-14)16-9-11-17(12-10-16)27-18(22)26-13-19(20,21)28(23,24)25/h14-17H,2-13H2,1H3,(H,23,24,25). The van der Waals surface area contributed by atoms with E-state index in [-0.39, 0.29) is 0 Å². The Kier molecular flexibility index (Phi) is 8.48. The number of halogens is 2. The van der Waals surface area contributed by atoms with Crippen molar-refractivity contribution >= 4 is 16.3 Å². The van der Waals surface area contributed by atoms with E-state index in [1.807, 2.05) is 0 Å². The third-order valence-electron chi connectivity index (χ3n) is 6.24. The molecule has 164 valence electrons. The van der Waals surface area contributed by atoms with E-state index in [4.69, 9.17) is 9.29 Å². The van der Waals surface area contributed by atoms with Crippen molar-refractivity contribution in [2.75, 3.05) is 6.61 Å². The number of hydrogen-bond donors (Lipinski definition) is 1. The topological polar surface area (TPSA) is 89.9 Å². The minimum atomic E-state index is -5.63. The maximum Gasteiger partial charge on any atom is 0.508 e. The number of ether oxygens (including phenoxy) is 2. The first-order chi connectivity index (χ1) is 13.1. The Balaban J connectivity index is 1.66. The fraction of sp³-hybridized carbons (Fsp3) is 0.947. The van der Waals surface area contributed by atoms with E-state index < -0.39 is 34.2 Å². The second kappa shape index (κ2) is 10.2. The first-order valence-electron chi connectivity index (χ1n) is 10.3. The predicted octanol–water partition coefficient (Wildman–Crippen LogP) is 5.18. The molecule has 6 nitrogen and oxygen atoms in total. The Morgan fingerprint density at radius 1 is 1.04 bits per heavy atom. The molecule has 0 aliphatic heterocycles. The SMILES string of the molecule is CCCCC1CCC(C2CCC(OC(=O)OCC(F)(F)S(=O)(=O)O)CC2)CC1. The number of rotatable bonds is 8. The van der Waals surface area contributed by atoms with E-state index in [1.165, 1.54) is 44.9 Å². The fourth-order valence-corrected chi connectivity index (χ4v) is 4.71. The molecule has 2 aliphatic rings. The predicted molar refractivity (Wildman–Crippen MR) is 99.6 cm³/mol. The van der Waals surface area contributed by atoms with Gasteiger partial charge in [0.25, 0.3) is 0 Å². The molecule has 1 N–H and O–H groups in total. The summed E-state index contributed by atoms with van der Waals surface area (Å²) in [5.74, 6) is 2.21. The molecule has 0 radical (unpaired) electrons. The zero-order valence-electron chi connectivity index (χ0n) is 16.4.